The molecule has 0 fully saturated rings. The summed E-state index contributed by atoms with van der Waals surface area (Å²) in [4.78, 5) is 42.5. The fourth-order valence-corrected chi connectivity index (χ4v) is 5.45. The molecular weight excluding hydrogens is 651 g/mol. The molecule has 0 aliphatic heterocycles. The first-order chi connectivity index (χ1) is 24.3. The molecule has 0 saturated carbocycles. The Morgan fingerprint density at radius 1 is 0.560 bits per heavy atom. The molecule has 0 amide bonds. The minimum atomic E-state index is -4.79. The van der Waals surface area contributed by atoms with Crippen LogP contribution in [0.2, 0.25) is 0 Å². The third-order valence-corrected chi connectivity index (χ3v) is 8.45. The Kier molecular flexibility index (Phi) is 34.5. The standard InChI is InChI=1S/C41H69O8P/c1-3-5-7-9-11-13-15-17-18-19-20-21-22-24-26-28-30-32-34-36-41(43)49-39(38-48-50(44,45)46)37-47-40(42)35-33-31-29-27-25-23-16-14-12-10-8-6-4-2/h18-22,24,26,28,30,32,34,36,39H,3-17,23,25,27,29,31,33,35,37-38H2,1-2H3,(H2,44,45,46)/t39-/m1/s1. The zero-order chi connectivity index (χ0) is 36.8. The normalized spacial score (nSPS) is 13.3. The Bertz CT molecular complexity index is 1040. The topological polar surface area (TPSA) is 119 Å². The van der Waals surface area contributed by atoms with Crippen molar-refractivity contribution in [2.24, 2.45) is 0 Å². The minimum absolute atomic E-state index is 0.234. The van der Waals surface area contributed by atoms with Crippen molar-refractivity contribution in [1.29, 1.82) is 0 Å². The number of allylic oxidation sites excluding steroid dienone is 11. The fraction of sp³-hybridized carbons (Fsp3) is 0.659. The van der Waals surface area contributed by atoms with E-state index in [4.69, 9.17) is 19.3 Å². The first-order valence-electron chi connectivity index (χ1n) is 19.3. The van der Waals surface area contributed by atoms with Crippen molar-refractivity contribution in [3.05, 3.63) is 72.9 Å². The lowest BCUT2D eigenvalue weighted by Gasteiger charge is -2.17. The summed E-state index contributed by atoms with van der Waals surface area (Å²) in [5, 5.41) is 0. The third-order valence-electron chi connectivity index (χ3n) is 7.97. The second kappa shape index (κ2) is 36.3. The van der Waals surface area contributed by atoms with E-state index < -0.39 is 32.5 Å². The summed E-state index contributed by atoms with van der Waals surface area (Å²) in [6.45, 7) is 3.52. The number of phosphoric ester groups is 1. The van der Waals surface area contributed by atoms with Crippen LogP contribution in [0, 0.1) is 0 Å². The molecule has 0 heterocycles. The molecule has 0 spiro atoms. The summed E-state index contributed by atoms with van der Waals surface area (Å²) in [5.41, 5.74) is 0. The van der Waals surface area contributed by atoms with Crippen LogP contribution in [0.3, 0.4) is 0 Å². The molecule has 0 bridgehead atoms. The molecule has 9 heteroatoms. The molecule has 0 rings (SSSR count). The number of unbranched alkanes of at least 4 members (excludes halogenated alkanes) is 19. The van der Waals surface area contributed by atoms with Crippen molar-refractivity contribution >= 4 is 19.8 Å². The van der Waals surface area contributed by atoms with Gasteiger partial charge in [-0.25, -0.2) is 9.36 Å². The van der Waals surface area contributed by atoms with E-state index >= 15 is 0 Å². The van der Waals surface area contributed by atoms with E-state index in [1.54, 1.807) is 12.2 Å². The maximum atomic E-state index is 12.2. The quantitative estimate of drug-likeness (QED) is 0.0222. The molecule has 50 heavy (non-hydrogen) atoms. The van der Waals surface area contributed by atoms with Crippen LogP contribution >= 0.6 is 7.82 Å². The van der Waals surface area contributed by atoms with E-state index in [0.29, 0.717) is 6.42 Å². The van der Waals surface area contributed by atoms with Crippen LogP contribution in [0.5, 0.6) is 0 Å². The molecule has 8 nitrogen and oxygen atoms in total. The third kappa shape index (κ3) is 38.3. The zero-order valence-corrected chi connectivity index (χ0v) is 32.2. The summed E-state index contributed by atoms with van der Waals surface area (Å²) < 4.78 is 26.1. The molecule has 1 atom stereocenters. The van der Waals surface area contributed by atoms with Gasteiger partial charge in [0, 0.05) is 12.5 Å². The summed E-state index contributed by atoms with van der Waals surface area (Å²) in [6, 6.07) is 0. The van der Waals surface area contributed by atoms with Gasteiger partial charge in [0.15, 0.2) is 6.10 Å². The highest BCUT2D eigenvalue weighted by Gasteiger charge is 2.22. The maximum Gasteiger partial charge on any atom is 0.469 e. The average Bonchev–Trinajstić information content (AvgIpc) is 3.08. The van der Waals surface area contributed by atoms with Crippen LogP contribution < -0.4 is 0 Å². The van der Waals surface area contributed by atoms with Crippen molar-refractivity contribution in [3.63, 3.8) is 0 Å². The van der Waals surface area contributed by atoms with Crippen molar-refractivity contribution in [2.75, 3.05) is 13.2 Å². The Labute approximate surface area is 304 Å². The number of carbonyl (C=O) groups excluding carboxylic acids is 2. The molecule has 0 aliphatic rings. The second-order valence-electron chi connectivity index (χ2n) is 12.8. The van der Waals surface area contributed by atoms with Gasteiger partial charge in [0.2, 0.25) is 0 Å². The van der Waals surface area contributed by atoms with E-state index in [-0.39, 0.29) is 13.0 Å². The lowest BCUT2D eigenvalue weighted by molar-refractivity contribution is -0.157. The van der Waals surface area contributed by atoms with Gasteiger partial charge < -0.3 is 19.3 Å². The number of ether oxygens (including phenoxy) is 2. The predicted molar refractivity (Wildman–Crippen MR) is 207 cm³/mol. The van der Waals surface area contributed by atoms with Crippen LogP contribution in [0.4, 0.5) is 0 Å². The van der Waals surface area contributed by atoms with E-state index in [1.165, 1.54) is 115 Å². The fourth-order valence-electron chi connectivity index (χ4n) is 5.09. The lowest BCUT2D eigenvalue weighted by Crippen LogP contribution is -2.29. The second-order valence-corrected chi connectivity index (χ2v) is 14.0. The summed E-state index contributed by atoms with van der Waals surface area (Å²) >= 11 is 0. The predicted octanol–water partition coefficient (Wildman–Crippen LogP) is 11.5. The smallest absolute Gasteiger partial charge is 0.462 e. The van der Waals surface area contributed by atoms with Crippen LogP contribution in [-0.2, 0) is 28.2 Å². The van der Waals surface area contributed by atoms with Gasteiger partial charge in [0.1, 0.15) is 6.61 Å². The van der Waals surface area contributed by atoms with E-state index in [9.17, 15) is 14.2 Å². The Balaban J connectivity index is 4.24. The molecule has 0 aliphatic carbocycles. The van der Waals surface area contributed by atoms with Crippen molar-refractivity contribution < 1.29 is 37.9 Å². The van der Waals surface area contributed by atoms with Gasteiger partial charge in [0.25, 0.3) is 0 Å². The van der Waals surface area contributed by atoms with E-state index in [0.717, 1.165) is 25.7 Å². The van der Waals surface area contributed by atoms with Gasteiger partial charge in [0.05, 0.1) is 6.61 Å². The largest absolute Gasteiger partial charge is 0.469 e. The van der Waals surface area contributed by atoms with Crippen molar-refractivity contribution in [3.8, 4) is 0 Å². The van der Waals surface area contributed by atoms with Crippen LogP contribution in [0.1, 0.15) is 155 Å². The van der Waals surface area contributed by atoms with Crippen molar-refractivity contribution in [2.45, 2.75) is 161 Å². The van der Waals surface area contributed by atoms with Gasteiger partial charge >= 0.3 is 19.8 Å². The molecule has 0 aromatic carbocycles. The minimum Gasteiger partial charge on any atom is -0.462 e. The summed E-state index contributed by atoms with van der Waals surface area (Å²) in [6.07, 6.45) is 46.9. The van der Waals surface area contributed by atoms with Gasteiger partial charge in [-0.1, -0.05) is 196 Å². The van der Waals surface area contributed by atoms with Gasteiger partial charge in [-0.2, -0.15) is 0 Å². The number of hydrogen-bond acceptors (Lipinski definition) is 6. The highest BCUT2D eigenvalue weighted by atomic mass is 31.2. The molecule has 0 saturated heterocycles. The molecule has 0 unspecified atom stereocenters. The highest BCUT2D eigenvalue weighted by Crippen LogP contribution is 2.35. The molecule has 0 aromatic heterocycles. The molecule has 2 N–H and O–H groups in total. The molecule has 0 radical (unpaired) electrons. The first-order valence-corrected chi connectivity index (χ1v) is 20.9. The van der Waals surface area contributed by atoms with Gasteiger partial charge in [-0.05, 0) is 19.3 Å². The average molecular weight is 721 g/mol. The Morgan fingerprint density at radius 2 is 0.980 bits per heavy atom. The Hall–Kier alpha value is -2.51. The zero-order valence-electron chi connectivity index (χ0n) is 31.3. The van der Waals surface area contributed by atoms with E-state index in [1.807, 2.05) is 36.5 Å². The number of phosphoric acid groups is 1. The lowest BCUT2D eigenvalue weighted by atomic mass is 10.0. The highest BCUT2D eigenvalue weighted by molar-refractivity contribution is 7.46. The summed E-state index contributed by atoms with van der Waals surface area (Å²) in [7, 11) is -4.79. The van der Waals surface area contributed by atoms with Crippen LogP contribution in [0.25, 0.3) is 0 Å². The van der Waals surface area contributed by atoms with Crippen LogP contribution in [0.15, 0.2) is 72.9 Å². The molecule has 286 valence electrons. The van der Waals surface area contributed by atoms with Gasteiger partial charge in [-0.3, -0.25) is 9.32 Å². The first kappa shape index (κ1) is 47.5. The SMILES string of the molecule is CCCCCCCCCC=CC=CC=CC=CC=CC=CC(=O)O[C@H](COC(=O)CCCCCCCCCCCCCCC)COP(=O)(O)O. The molecule has 0 aromatic rings. The number of rotatable bonds is 34. The van der Waals surface area contributed by atoms with Gasteiger partial charge in [-0.15, -0.1) is 0 Å². The number of carbonyl (C=O) groups is 2. The summed E-state index contributed by atoms with van der Waals surface area (Å²) in [5.74, 6) is -1.20. The number of hydrogen-bond donors (Lipinski definition) is 2. The maximum absolute atomic E-state index is 12.2. The molecular formula is C41H69O8P. The van der Waals surface area contributed by atoms with Crippen molar-refractivity contribution in [1.82, 2.24) is 0 Å². The number of esters is 2. The Morgan fingerprint density at radius 3 is 1.46 bits per heavy atom. The van der Waals surface area contributed by atoms with Crippen LogP contribution in [-0.4, -0.2) is 41.0 Å². The monoisotopic (exact) mass is 720 g/mol. The van der Waals surface area contributed by atoms with E-state index in [2.05, 4.69) is 30.5 Å².